The number of aromatic amines is 1. The Bertz CT molecular complexity index is 1100. The van der Waals surface area contributed by atoms with Gasteiger partial charge in [0.25, 0.3) is 17.4 Å². The number of pyridine rings is 1. The zero-order valence-corrected chi connectivity index (χ0v) is 18.0. The van der Waals surface area contributed by atoms with E-state index in [9.17, 15) is 19.2 Å². The fourth-order valence-electron chi connectivity index (χ4n) is 4.44. The number of likely N-dealkylation sites (tertiary alicyclic amines) is 1. The molecule has 0 aromatic carbocycles. The van der Waals surface area contributed by atoms with Crippen LogP contribution in [-0.4, -0.2) is 46.6 Å². The molecule has 2 aromatic rings. The Morgan fingerprint density at radius 2 is 1.90 bits per heavy atom. The summed E-state index contributed by atoms with van der Waals surface area (Å²) in [7, 11) is 0. The molecule has 1 aliphatic carbocycles. The van der Waals surface area contributed by atoms with Crippen molar-refractivity contribution in [2.24, 2.45) is 5.41 Å². The van der Waals surface area contributed by atoms with Gasteiger partial charge in [-0.15, -0.1) is 0 Å². The second-order valence-electron chi connectivity index (χ2n) is 9.32. The molecule has 2 aliphatic rings. The summed E-state index contributed by atoms with van der Waals surface area (Å²) in [4.78, 5) is 54.8. The lowest BCUT2D eigenvalue weighted by molar-refractivity contribution is 0.0694. The minimum Gasteiger partial charge on any atom is -0.459 e. The van der Waals surface area contributed by atoms with Crippen molar-refractivity contribution in [1.82, 2.24) is 15.2 Å². The van der Waals surface area contributed by atoms with Crippen molar-refractivity contribution in [2.45, 2.75) is 52.5 Å². The van der Waals surface area contributed by atoms with E-state index in [1.165, 1.54) is 12.3 Å². The van der Waals surface area contributed by atoms with Gasteiger partial charge in [0.15, 0.2) is 11.5 Å². The second kappa shape index (κ2) is 7.83. The number of piperidine rings is 1. The van der Waals surface area contributed by atoms with Crippen molar-refractivity contribution in [3.05, 3.63) is 56.9 Å². The van der Waals surface area contributed by atoms with Crippen LogP contribution in [-0.2, 0) is 6.42 Å². The van der Waals surface area contributed by atoms with Gasteiger partial charge in [-0.05, 0) is 43.7 Å². The van der Waals surface area contributed by atoms with Crippen LogP contribution in [0.3, 0.4) is 0 Å². The number of hydrogen-bond donors (Lipinski definition) is 2. The summed E-state index contributed by atoms with van der Waals surface area (Å²) < 4.78 is 5.22. The zero-order valence-electron chi connectivity index (χ0n) is 18.0. The molecule has 8 nitrogen and oxygen atoms in total. The van der Waals surface area contributed by atoms with Gasteiger partial charge in [0.1, 0.15) is 5.56 Å². The molecule has 2 amide bonds. The standard InChI is InChI=1S/C23H27N3O5/c1-13-6-9-31-19(13)21(29)24-14-4-7-26(8-5-14)22(30)16-10-15-17(25-20(16)28)11-23(2,3)12-18(15)27/h6,9-10,14H,4-5,7-8,11-12H2,1-3H3,(H,24,29)(H,25,28). The van der Waals surface area contributed by atoms with Crippen LogP contribution in [0.5, 0.6) is 0 Å². The van der Waals surface area contributed by atoms with Crippen LogP contribution in [0.2, 0.25) is 0 Å². The Hall–Kier alpha value is -3.16. The molecule has 0 bridgehead atoms. The first-order valence-corrected chi connectivity index (χ1v) is 10.6. The van der Waals surface area contributed by atoms with Gasteiger partial charge in [-0.1, -0.05) is 13.8 Å². The molecule has 1 saturated heterocycles. The van der Waals surface area contributed by atoms with E-state index in [1.807, 2.05) is 20.8 Å². The zero-order chi connectivity index (χ0) is 22.3. The Kier molecular flexibility index (Phi) is 5.33. The molecule has 0 spiro atoms. The number of Topliss-reactive ketones (excluding diaryl/α,β-unsaturated/α-hetero) is 1. The molecule has 2 N–H and O–H groups in total. The van der Waals surface area contributed by atoms with Gasteiger partial charge >= 0.3 is 0 Å². The second-order valence-corrected chi connectivity index (χ2v) is 9.32. The number of ketones is 1. The number of aryl methyl sites for hydroxylation is 1. The number of H-pyrrole nitrogens is 1. The van der Waals surface area contributed by atoms with Crippen molar-refractivity contribution >= 4 is 17.6 Å². The highest BCUT2D eigenvalue weighted by atomic mass is 16.3. The van der Waals surface area contributed by atoms with E-state index >= 15 is 0 Å². The van der Waals surface area contributed by atoms with Gasteiger partial charge in [0.2, 0.25) is 0 Å². The summed E-state index contributed by atoms with van der Waals surface area (Å²) in [6.07, 6.45) is 3.62. The quantitative estimate of drug-likeness (QED) is 0.784. The van der Waals surface area contributed by atoms with E-state index in [0.717, 1.165) is 5.56 Å². The van der Waals surface area contributed by atoms with Crippen LogP contribution < -0.4 is 10.9 Å². The Morgan fingerprint density at radius 1 is 1.19 bits per heavy atom. The van der Waals surface area contributed by atoms with Crippen molar-refractivity contribution in [3.63, 3.8) is 0 Å². The van der Waals surface area contributed by atoms with E-state index in [4.69, 9.17) is 4.42 Å². The maximum atomic E-state index is 13.0. The van der Waals surface area contributed by atoms with Gasteiger partial charge in [-0.3, -0.25) is 19.2 Å². The molecule has 0 saturated carbocycles. The van der Waals surface area contributed by atoms with Crippen LogP contribution in [0.25, 0.3) is 0 Å². The molecule has 164 valence electrons. The van der Waals surface area contributed by atoms with E-state index < -0.39 is 5.56 Å². The maximum Gasteiger partial charge on any atom is 0.287 e. The smallest absolute Gasteiger partial charge is 0.287 e. The van der Waals surface area contributed by atoms with Crippen LogP contribution in [0.4, 0.5) is 0 Å². The molecular formula is C23H27N3O5. The monoisotopic (exact) mass is 425 g/mol. The highest BCUT2D eigenvalue weighted by molar-refractivity contribution is 6.02. The highest BCUT2D eigenvalue weighted by Gasteiger charge is 2.34. The lowest BCUT2D eigenvalue weighted by Crippen LogP contribution is -2.47. The molecule has 31 heavy (non-hydrogen) atoms. The summed E-state index contributed by atoms with van der Waals surface area (Å²) in [6, 6.07) is 3.12. The Labute approximate surface area is 180 Å². The summed E-state index contributed by atoms with van der Waals surface area (Å²) in [5.74, 6) is -0.397. The van der Waals surface area contributed by atoms with E-state index in [1.54, 1.807) is 11.0 Å². The number of furan rings is 1. The largest absolute Gasteiger partial charge is 0.459 e. The average Bonchev–Trinajstić information content (AvgIpc) is 3.13. The third kappa shape index (κ3) is 4.19. The first kappa shape index (κ1) is 21.1. The molecule has 0 unspecified atom stereocenters. The SMILES string of the molecule is Cc1ccoc1C(=O)NC1CCN(C(=O)c2cc3c([nH]c2=O)CC(C)(C)CC3=O)CC1. The first-order chi connectivity index (χ1) is 14.6. The van der Waals surface area contributed by atoms with Crippen molar-refractivity contribution in [3.8, 4) is 0 Å². The lowest BCUT2D eigenvalue weighted by Gasteiger charge is -2.33. The number of carbonyl (C=O) groups excluding carboxylic acids is 3. The maximum absolute atomic E-state index is 13.0. The molecule has 2 aromatic heterocycles. The van der Waals surface area contributed by atoms with Gasteiger partial charge in [-0.2, -0.15) is 0 Å². The minimum atomic E-state index is -0.460. The lowest BCUT2D eigenvalue weighted by atomic mass is 9.75. The molecule has 0 atom stereocenters. The molecule has 4 rings (SSSR count). The number of hydrogen-bond acceptors (Lipinski definition) is 5. The fourth-order valence-corrected chi connectivity index (χ4v) is 4.44. The third-order valence-corrected chi connectivity index (χ3v) is 6.13. The van der Waals surface area contributed by atoms with E-state index in [-0.39, 0.29) is 34.6 Å². The summed E-state index contributed by atoms with van der Waals surface area (Å²) in [5, 5.41) is 2.94. The predicted octanol–water partition coefficient (Wildman–Crippen LogP) is 2.47. The Morgan fingerprint density at radius 3 is 2.55 bits per heavy atom. The fraction of sp³-hybridized carbons (Fsp3) is 0.478. The topological polar surface area (TPSA) is 112 Å². The predicted molar refractivity (Wildman–Crippen MR) is 113 cm³/mol. The van der Waals surface area contributed by atoms with Crippen molar-refractivity contribution in [1.29, 1.82) is 0 Å². The summed E-state index contributed by atoms with van der Waals surface area (Å²) in [5.41, 5.74) is 1.16. The number of amides is 2. The van der Waals surface area contributed by atoms with Gasteiger partial charge < -0.3 is 19.6 Å². The van der Waals surface area contributed by atoms with Crippen LogP contribution in [0, 0.1) is 12.3 Å². The number of carbonyl (C=O) groups is 3. The summed E-state index contributed by atoms with van der Waals surface area (Å²) >= 11 is 0. The highest BCUT2D eigenvalue weighted by Crippen LogP contribution is 2.33. The van der Waals surface area contributed by atoms with E-state index in [0.29, 0.717) is 55.8 Å². The average molecular weight is 425 g/mol. The van der Waals surface area contributed by atoms with Crippen LogP contribution in [0.15, 0.2) is 27.6 Å². The molecule has 0 radical (unpaired) electrons. The number of rotatable bonds is 3. The van der Waals surface area contributed by atoms with Crippen molar-refractivity contribution < 1.29 is 18.8 Å². The summed E-state index contributed by atoms with van der Waals surface area (Å²) in [6.45, 7) is 6.61. The molecule has 3 heterocycles. The number of nitrogens with zero attached hydrogens (tertiary/aromatic N) is 1. The normalized spacial score (nSPS) is 18.5. The minimum absolute atomic E-state index is 0.000465. The van der Waals surface area contributed by atoms with Gasteiger partial charge in [0, 0.05) is 42.4 Å². The molecular weight excluding hydrogens is 398 g/mol. The van der Waals surface area contributed by atoms with Crippen LogP contribution >= 0.6 is 0 Å². The van der Waals surface area contributed by atoms with Gasteiger partial charge in [0.05, 0.1) is 6.26 Å². The third-order valence-electron chi connectivity index (χ3n) is 6.13. The number of fused-ring (bicyclic) bond motifs is 1. The Balaban J connectivity index is 1.43. The molecule has 1 fully saturated rings. The van der Waals surface area contributed by atoms with Gasteiger partial charge in [-0.25, -0.2) is 0 Å². The number of nitrogens with one attached hydrogen (secondary N) is 2. The van der Waals surface area contributed by atoms with Crippen LogP contribution in [0.1, 0.15) is 75.6 Å². The number of aromatic nitrogens is 1. The first-order valence-electron chi connectivity index (χ1n) is 10.6. The van der Waals surface area contributed by atoms with Crippen molar-refractivity contribution in [2.75, 3.05) is 13.1 Å². The molecule has 1 aliphatic heterocycles. The van der Waals surface area contributed by atoms with E-state index in [2.05, 4.69) is 10.3 Å². The molecule has 8 heteroatoms.